The predicted octanol–water partition coefficient (Wildman–Crippen LogP) is 3.69. The highest BCUT2D eigenvalue weighted by Crippen LogP contribution is 2.33. The number of aromatic nitrogens is 1. The van der Waals surface area contributed by atoms with E-state index in [1.54, 1.807) is 39.3 Å². The van der Waals surface area contributed by atoms with Crippen LogP contribution in [0.4, 0.5) is 5.13 Å². The number of furan rings is 1. The number of aryl methyl sites for hydroxylation is 2. The summed E-state index contributed by atoms with van der Waals surface area (Å²) in [5.74, 6) is 0.246. The van der Waals surface area contributed by atoms with Gasteiger partial charge in [-0.1, -0.05) is 6.08 Å². The van der Waals surface area contributed by atoms with Gasteiger partial charge in [0.2, 0.25) is 5.91 Å². The molecule has 0 radical (unpaired) electrons. The van der Waals surface area contributed by atoms with Crippen molar-refractivity contribution in [2.45, 2.75) is 38.5 Å². The molecule has 2 aromatic rings. The summed E-state index contributed by atoms with van der Waals surface area (Å²) in [5, 5.41) is 0.797. The molecule has 0 spiro atoms. The van der Waals surface area contributed by atoms with Crippen molar-refractivity contribution in [2.75, 3.05) is 24.5 Å². The highest BCUT2D eigenvalue weighted by atomic mass is 32.1. The number of fused-ring (bicyclic) bond motifs is 1. The first-order chi connectivity index (χ1) is 13.7. The fourth-order valence-corrected chi connectivity index (χ4v) is 5.11. The minimum absolute atomic E-state index is 0.0936. The van der Waals surface area contributed by atoms with Crippen molar-refractivity contribution in [1.82, 2.24) is 9.88 Å². The number of anilines is 1. The molecule has 28 heavy (non-hydrogen) atoms. The van der Waals surface area contributed by atoms with Crippen LogP contribution >= 0.6 is 11.3 Å². The molecule has 0 N–H and O–H groups in total. The Bertz CT molecular complexity index is 827. The molecule has 4 rings (SSSR count). The molecule has 2 amide bonds. The molecular formula is C21H25N3O3S. The van der Waals surface area contributed by atoms with Crippen molar-refractivity contribution < 1.29 is 14.0 Å². The van der Waals surface area contributed by atoms with E-state index in [0.717, 1.165) is 23.7 Å². The largest absolute Gasteiger partial charge is 0.459 e. The normalized spacial score (nSPS) is 17.2. The van der Waals surface area contributed by atoms with E-state index in [1.165, 1.54) is 24.0 Å². The van der Waals surface area contributed by atoms with Gasteiger partial charge in [-0.3, -0.25) is 14.5 Å². The molecule has 2 aliphatic rings. The standard InChI is InChI=1S/C21H25N3O3S/c1-2-11-24(21-22-16-6-3-4-8-18(16)28-21)19(25)15-9-12-23(13-10-15)20(26)17-7-5-14-27-17/h2,5,7,14-15H,1,3-4,6,8-13H2. The number of hydrogen-bond acceptors (Lipinski definition) is 5. The van der Waals surface area contributed by atoms with Crippen LogP contribution in [0.2, 0.25) is 0 Å². The van der Waals surface area contributed by atoms with Crippen molar-refractivity contribution in [3.8, 4) is 0 Å². The lowest BCUT2D eigenvalue weighted by Gasteiger charge is -2.33. The third kappa shape index (κ3) is 3.76. The van der Waals surface area contributed by atoms with Gasteiger partial charge in [0.15, 0.2) is 10.9 Å². The summed E-state index contributed by atoms with van der Waals surface area (Å²) in [5.41, 5.74) is 1.16. The maximum Gasteiger partial charge on any atom is 0.289 e. The summed E-state index contributed by atoms with van der Waals surface area (Å²) in [6.45, 7) is 5.41. The van der Waals surface area contributed by atoms with Crippen molar-refractivity contribution >= 4 is 28.3 Å². The fourth-order valence-electron chi connectivity index (χ4n) is 3.95. The first-order valence-corrected chi connectivity index (χ1v) is 10.7. The average molecular weight is 400 g/mol. The van der Waals surface area contributed by atoms with Gasteiger partial charge in [-0.25, -0.2) is 4.98 Å². The van der Waals surface area contributed by atoms with Gasteiger partial charge in [-0.15, -0.1) is 17.9 Å². The van der Waals surface area contributed by atoms with Crippen LogP contribution in [-0.2, 0) is 17.6 Å². The molecule has 0 unspecified atom stereocenters. The Morgan fingerprint density at radius 2 is 2.11 bits per heavy atom. The Kier molecular flexibility index (Phi) is 5.62. The number of rotatable bonds is 5. The zero-order chi connectivity index (χ0) is 19.5. The Morgan fingerprint density at radius 3 is 2.79 bits per heavy atom. The number of nitrogens with zero attached hydrogens (tertiary/aromatic N) is 3. The van der Waals surface area contributed by atoms with E-state index in [-0.39, 0.29) is 17.7 Å². The number of thiazole rings is 1. The molecule has 1 fully saturated rings. The van der Waals surface area contributed by atoms with E-state index in [9.17, 15) is 9.59 Å². The second kappa shape index (κ2) is 8.31. The molecule has 0 saturated carbocycles. The number of piperidine rings is 1. The van der Waals surface area contributed by atoms with E-state index in [2.05, 4.69) is 6.58 Å². The van der Waals surface area contributed by atoms with E-state index < -0.39 is 0 Å². The van der Waals surface area contributed by atoms with Gasteiger partial charge in [-0.2, -0.15) is 0 Å². The molecule has 1 aliphatic carbocycles. The quantitative estimate of drug-likeness (QED) is 0.719. The van der Waals surface area contributed by atoms with Crippen LogP contribution in [0.15, 0.2) is 35.5 Å². The number of amides is 2. The maximum atomic E-state index is 13.2. The molecule has 0 bridgehead atoms. The summed E-state index contributed by atoms with van der Waals surface area (Å²) < 4.78 is 5.21. The Balaban J connectivity index is 1.43. The highest BCUT2D eigenvalue weighted by Gasteiger charge is 2.33. The highest BCUT2D eigenvalue weighted by molar-refractivity contribution is 7.16. The van der Waals surface area contributed by atoms with Gasteiger partial charge in [0.05, 0.1) is 12.0 Å². The number of hydrogen-bond donors (Lipinski definition) is 0. The van der Waals surface area contributed by atoms with Crippen LogP contribution in [0, 0.1) is 5.92 Å². The number of likely N-dealkylation sites (tertiary alicyclic amines) is 1. The third-order valence-corrected chi connectivity index (χ3v) is 6.69. The molecule has 0 aromatic carbocycles. The maximum absolute atomic E-state index is 13.2. The Labute approximate surface area is 168 Å². The van der Waals surface area contributed by atoms with E-state index in [1.807, 2.05) is 0 Å². The molecule has 2 aromatic heterocycles. The molecule has 6 nitrogen and oxygen atoms in total. The van der Waals surface area contributed by atoms with Gasteiger partial charge in [0.25, 0.3) is 5.91 Å². The lowest BCUT2D eigenvalue weighted by atomic mass is 9.95. The second-order valence-electron chi connectivity index (χ2n) is 7.35. The summed E-state index contributed by atoms with van der Waals surface area (Å²) >= 11 is 1.65. The van der Waals surface area contributed by atoms with Crippen LogP contribution in [0.25, 0.3) is 0 Å². The van der Waals surface area contributed by atoms with Crippen molar-refractivity contribution in [1.29, 1.82) is 0 Å². The Hall–Kier alpha value is -2.41. The fraction of sp³-hybridized carbons (Fsp3) is 0.476. The number of carbonyl (C=O) groups excluding carboxylic acids is 2. The SMILES string of the molecule is C=CCN(C(=O)C1CCN(C(=O)c2ccco2)CC1)c1nc2c(s1)CCCC2. The van der Waals surface area contributed by atoms with Gasteiger partial charge in [0, 0.05) is 30.4 Å². The zero-order valence-corrected chi connectivity index (χ0v) is 16.7. The average Bonchev–Trinajstić information content (AvgIpc) is 3.41. The smallest absolute Gasteiger partial charge is 0.289 e. The summed E-state index contributed by atoms with van der Waals surface area (Å²) in [4.78, 5) is 35.3. The predicted molar refractivity (Wildman–Crippen MR) is 109 cm³/mol. The molecule has 3 heterocycles. The molecule has 1 aliphatic heterocycles. The van der Waals surface area contributed by atoms with Crippen LogP contribution < -0.4 is 4.90 Å². The summed E-state index contributed by atoms with van der Waals surface area (Å²) in [7, 11) is 0. The number of carbonyl (C=O) groups is 2. The first-order valence-electron chi connectivity index (χ1n) is 9.91. The lowest BCUT2D eigenvalue weighted by Crippen LogP contribution is -2.44. The molecule has 7 heteroatoms. The zero-order valence-electron chi connectivity index (χ0n) is 15.9. The topological polar surface area (TPSA) is 66.7 Å². The van der Waals surface area contributed by atoms with Crippen molar-refractivity contribution in [3.05, 3.63) is 47.4 Å². The second-order valence-corrected chi connectivity index (χ2v) is 8.42. The van der Waals surface area contributed by atoms with E-state index in [4.69, 9.17) is 9.40 Å². The summed E-state index contributed by atoms with van der Waals surface area (Å²) in [6.07, 6.45) is 9.03. The van der Waals surface area contributed by atoms with Gasteiger partial charge >= 0.3 is 0 Å². The van der Waals surface area contributed by atoms with Crippen LogP contribution in [0.1, 0.15) is 46.8 Å². The molecule has 148 valence electrons. The first kappa shape index (κ1) is 18.9. The molecule has 0 atom stereocenters. The van der Waals surface area contributed by atoms with Gasteiger partial charge in [0.1, 0.15) is 0 Å². The lowest BCUT2D eigenvalue weighted by molar-refractivity contribution is -0.123. The minimum atomic E-state index is -0.105. The van der Waals surface area contributed by atoms with Gasteiger partial charge in [-0.05, 0) is 50.7 Å². The van der Waals surface area contributed by atoms with E-state index in [0.29, 0.717) is 38.2 Å². The van der Waals surface area contributed by atoms with Crippen LogP contribution in [-0.4, -0.2) is 41.3 Å². The molecular weight excluding hydrogens is 374 g/mol. The van der Waals surface area contributed by atoms with Gasteiger partial charge < -0.3 is 9.32 Å². The van der Waals surface area contributed by atoms with Crippen LogP contribution in [0.5, 0.6) is 0 Å². The Morgan fingerprint density at radius 1 is 1.32 bits per heavy atom. The minimum Gasteiger partial charge on any atom is -0.459 e. The van der Waals surface area contributed by atoms with Crippen molar-refractivity contribution in [3.63, 3.8) is 0 Å². The van der Waals surface area contributed by atoms with Crippen molar-refractivity contribution in [2.24, 2.45) is 5.92 Å². The van der Waals surface area contributed by atoms with Crippen LogP contribution in [0.3, 0.4) is 0 Å². The third-order valence-electron chi connectivity index (χ3n) is 5.51. The summed E-state index contributed by atoms with van der Waals surface area (Å²) in [6, 6.07) is 3.39. The van der Waals surface area contributed by atoms with E-state index >= 15 is 0 Å². The monoisotopic (exact) mass is 399 g/mol. The molecule has 1 saturated heterocycles.